The maximum atomic E-state index is 11.8. The van der Waals surface area contributed by atoms with Gasteiger partial charge in [0.05, 0.1) is 6.61 Å². The summed E-state index contributed by atoms with van der Waals surface area (Å²) < 4.78 is 40.8. The lowest BCUT2D eigenvalue weighted by molar-refractivity contribution is -0.136. The zero-order valence-corrected chi connectivity index (χ0v) is 9.18. The molecule has 0 aliphatic rings. The third kappa shape index (κ3) is 5.56. The summed E-state index contributed by atoms with van der Waals surface area (Å²) in [5, 5.41) is 0. The van der Waals surface area contributed by atoms with Crippen LogP contribution in [0, 0.1) is 0 Å². The maximum absolute atomic E-state index is 11.8. The summed E-state index contributed by atoms with van der Waals surface area (Å²) in [6.07, 6.45) is -3.79. The van der Waals surface area contributed by atoms with E-state index in [1.165, 1.54) is 12.4 Å². The summed E-state index contributed by atoms with van der Waals surface area (Å²) in [6, 6.07) is 1.49. The average molecular weight is 285 g/mol. The van der Waals surface area contributed by atoms with Crippen LogP contribution in [0.2, 0.25) is 0 Å². The van der Waals surface area contributed by atoms with E-state index in [0.717, 1.165) is 0 Å². The van der Waals surface area contributed by atoms with Gasteiger partial charge in [0.15, 0.2) is 0 Å². The fourth-order valence-electron chi connectivity index (χ4n) is 0.846. The Kier molecular flexibility index (Phi) is 4.31. The van der Waals surface area contributed by atoms with E-state index in [0.29, 0.717) is 4.60 Å². The molecule has 0 aliphatic heterocycles. The van der Waals surface area contributed by atoms with Crippen molar-refractivity contribution in [2.24, 2.45) is 0 Å². The number of aromatic nitrogens is 2. The number of halogens is 4. The Bertz CT molecular complexity index is 319. The smallest absolute Gasteiger partial charge is 0.389 e. The first-order chi connectivity index (χ1) is 6.97. The van der Waals surface area contributed by atoms with E-state index in [2.05, 4.69) is 25.9 Å². The SMILES string of the molecule is FC(F)(F)CCCOc1cc(Br)ncn1. The molecule has 1 aromatic heterocycles. The van der Waals surface area contributed by atoms with E-state index in [1.807, 2.05) is 0 Å². The predicted octanol–water partition coefficient (Wildman–Crippen LogP) is 2.96. The van der Waals surface area contributed by atoms with E-state index in [-0.39, 0.29) is 18.9 Å². The van der Waals surface area contributed by atoms with Gasteiger partial charge in [0, 0.05) is 12.5 Å². The minimum absolute atomic E-state index is 0.0109. The highest BCUT2D eigenvalue weighted by atomic mass is 79.9. The van der Waals surface area contributed by atoms with Crippen molar-refractivity contribution in [2.45, 2.75) is 19.0 Å². The largest absolute Gasteiger partial charge is 0.478 e. The van der Waals surface area contributed by atoms with Crippen LogP contribution in [0.3, 0.4) is 0 Å². The molecule has 7 heteroatoms. The molecule has 15 heavy (non-hydrogen) atoms. The van der Waals surface area contributed by atoms with E-state index < -0.39 is 12.6 Å². The number of hydrogen-bond donors (Lipinski definition) is 0. The highest BCUT2D eigenvalue weighted by Gasteiger charge is 2.26. The number of ether oxygens (including phenoxy) is 1. The Balaban J connectivity index is 2.26. The molecule has 3 nitrogen and oxygen atoms in total. The van der Waals surface area contributed by atoms with Crippen molar-refractivity contribution < 1.29 is 17.9 Å². The van der Waals surface area contributed by atoms with Crippen molar-refractivity contribution in [1.29, 1.82) is 0 Å². The van der Waals surface area contributed by atoms with Crippen LogP contribution in [0.4, 0.5) is 13.2 Å². The Morgan fingerprint density at radius 2 is 2.07 bits per heavy atom. The van der Waals surface area contributed by atoms with E-state index in [1.54, 1.807) is 0 Å². The molecule has 0 spiro atoms. The lowest BCUT2D eigenvalue weighted by Crippen LogP contribution is -2.10. The molecule has 0 aromatic carbocycles. The Morgan fingerprint density at radius 3 is 2.67 bits per heavy atom. The van der Waals surface area contributed by atoms with Gasteiger partial charge in [-0.2, -0.15) is 13.2 Å². The molecule has 1 rings (SSSR count). The molecule has 1 heterocycles. The quantitative estimate of drug-likeness (QED) is 0.630. The van der Waals surface area contributed by atoms with Gasteiger partial charge in [0.25, 0.3) is 0 Å². The molecule has 0 atom stereocenters. The van der Waals surface area contributed by atoms with Gasteiger partial charge in [-0.1, -0.05) is 0 Å². The summed E-state index contributed by atoms with van der Waals surface area (Å²) in [4.78, 5) is 7.48. The molecular weight excluding hydrogens is 277 g/mol. The topological polar surface area (TPSA) is 35.0 Å². The standard InChI is InChI=1S/C8H8BrF3N2O/c9-6-4-7(14-5-13-6)15-3-1-2-8(10,11)12/h4-5H,1-3H2. The third-order valence-electron chi connectivity index (χ3n) is 1.46. The fraction of sp³-hybridized carbons (Fsp3) is 0.500. The molecule has 0 saturated carbocycles. The second-order valence-electron chi connectivity index (χ2n) is 2.75. The average Bonchev–Trinajstić information content (AvgIpc) is 2.11. The van der Waals surface area contributed by atoms with Gasteiger partial charge < -0.3 is 4.74 Å². The van der Waals surface area contributed by atoms with Gasteiger partial charge in [-0.3, -0.25) is 0 Å². The lowest BCUT2D eigenvalue weighted by atomic mass is 10.3. The van der Waals surface area contributed by atoms with Crippen molar-refractivity contribution >= 4 is 15.9 Å². The number of hydrogen-bond acceptors (Lipinski definition) is 3. The lowest BCUT2D eigenvalue weighted by Gasteiger charge is -2.07. The normalized spacial score (nSPS) is 11.5. The van der Waals surface area contributed by atoms with Gasteiger partial charge in [-0.25, -0.2) is 9.97 Å². The first-order valence-electron chi connectivity index (χ1n) is 4.14. The molecule has 0 radical (unpaired) electrons. The van der Waals surface area contributed by atoms with Crippen molar-refractivity contribution in [2.75, 3.05) is 6.61 Å². The van der Waals surface area contributed by atoms with Crippen molar-refractivity contribution in [1.82, 2.24) is 9.97 Å². The van der Waals surface area contributed by atoms with Crippen LogP contribution in [0.15, 0.2) is 17.0 Å². The second-order valence-corrected chi connectivity index (χ2v) is 3.56. The summed E-state index contributed by atoms with van der Waals surface area (Å²) in [5.74, 6) is 0.263. The van der Waals surface area contributed by atoms with Crippen LogP contribution in [0.1, 0.15) is 12.8 Å². The molecule has 0 fully saturated rings. The van der Waals surface area contributed by atoms with Crippen molar-refractivity contribution in [3.63, 3.8) is 0 Å². The first-order valence-corrected chi connectivity index (χ1v) is 4.94. The van der Waals surface area contributed by atoms with Crippen LogP contribution in [0.5, 0.6) is 5.88 Å². The fourth-order valence-corrected chi connectivity index (χ4v) is 1.13. The highest BCUT2D eigenvalue weighted by Crippen LogP contribution is 2.21. The summed E-state index contributed by atoms with van der Waals surface area (Å²) in [6.45, 7) is -0.0109. The van der Waals surface area contributed by atoms with Gasteiger partial charge in [0.1, 0.15) is 10.9 Å². The third-order valence-corrected chi connectivity index (χ3v) is 1.90. The Labute approximate surface area is 92.8 Å². The van der Waals surface area contributed by atoms with Crippen LogP contribution < -0.4 is 4.74 Å². The summed E-state index contributed by atoms with van der Waals surface area (Å²) in [5.41, 5.74) is 0. The highest BCUT2D eigenvalue weighted by molar-refractivity contribution is 9.10. The Morgan fingerprint density at radius 1 is 1.33 bits per heavy atom. The number of rotatable bonds is 4. The van der Waals surface area contributed by atoms with E-state index >= 15 is 0 Å². The van der Waals surface area contributed by atoms with Crippen molar-refractivity contribution in [3.8, 4) is 5.88 Å². The monoisotopic (exact) mass is 284 g/mol. The molecule has 0 bridgehead atoms. The molecule has 84 valence electrons. The minimum Gasteiger partial charge on any atom is -0.478 e. The predicted molar refractivity (Wildman–Crippen MR) is 50.5 cm³/mol. The maximum Gasteiger partial charge on any atom is 0.389 e. The number of alkyl halides is 3. The number of nitrogens with zero attached hydrogens (tertiary/aromatic N) is 2. The van der Waals surface area contributed by atoms with Gasteiger partial charge in [-0.05, 0) is 22.4 Å². The summed E-state index contributed by atoms with van der Waals surface area (Å²) >= 11 is 3.09. The molecule has 0 aliphatic carbocycles. The zero-order valence-electron chi connectivity index (χ0n) is 7.59. The second kappa shape index (κ2) is 5.29. The first kappa shape index (κ1) is 12.2. The molecular formula is C8H8BrF3N2O. The van der Waals surface area contributed by atoms with Gasteiger partial charge in [0.2, 0.25) is 5.88 Å². The van der Waals surface area contributed by atoms with E-state index in [4.69, 9.17) is 4.74 Å². The Hall–Kier alpha value is -0.850. The molecule has 0 unspecified atom stereocenters. The summed E-state index contributed by atoms with van der Waals surface area (Å²) in [7, 11) is 0. The molecule has 0 N–H and O–H groups in total. The molecule has 0 amide bonds. The van der Waals surface area contributed by atoms with Crippen LogP contribution in [-0.4, -0.2) is 22.8 Å². The van der Waals surface area contributed by atoms with Crippen LogP contribution >= 0.6 is 15.9 Å². The van der Waals surface area contributed by atoms with E-state index in [9.17, 15) is 13.2 Å². The minimum atomic E-state index is -4.13. The van der Waals surface area contributed by atoms with Crippen molar-refractivity contribution in [3.05, 3.63) is 17.0 Å². The van der Waals surface area contributed by atoms with Gasteiger partial charge in [-0.15, -0.1) is 0 Å². The molecule has 0 saturated heterocycles. The van der Waals surface area contributed by atoms with Gasteiger partial charge >= 0.3 is 6.18 Å². The van der Waals surface area contributed by atoms with Crippen LogP contribution in [-0.2, 0) is 0 Å². The zero-order chi connectivity index (χ0) is 11.3. The molecule has 1 aromatic rings. The van der Waals surface area contributed by atoms with Crippen LogP contribution in [0.25, 0.3) is 0 Å².